The average Bonchev–Trinajstić information content (AvgIpc) is 3.12. The van der Waals surface area contributed by atoms with E-state index in [-0.39, 0.29) is 5.91 Å². The summed E-state index contributed by atoms with van der Waals surface area (Å²) in [6.45, 7) is 12.3. The molecule has 0 atom stereocenters. The number of amides is 1. The molecule has 0 unspecified atom stereocenters. The molecule has 1 amide bonds. The summed E-state index contributed by atoms with van der Waals surface area (Å²) < 4.78 is 0. The Balaban J connectivity index is 2.07. The normalized spacial score (nSPS) is 11.3. The summed E-state index contributed by atoms with van der Waals surface area (Å²) in [6.07, 6.45) is 1.71. The molecule has 0 spiro atoms. The fourth-order valence-corrected chi connectivity index (χ4v) is 3.57. The van der Waals surface area contributed by atoms with Gasteiger partial charge in [0.2, 0.25) is 0 Å². The fourth-order valence-electron chi connectivity index (χ4n) is 2.66. The highest BCUT2D eigenvalue weighted by Crippen LogP contribution is 2.28. The topological polar surface area (TPSA) is 36.4 Å². The maximum Gasteiger partial charge on any atom is 0.265 e. The Bertz CT molecular complexity index is 692. The number of carbonyl (C=O) groups excluding carboxylic acids is 1. The molecule has 2 aromatic rings. The van der Waals surface area contributed by atoms with E-state index in [4.69, 9.17) is 0 Å². The van der Waals surface area contributed by atoms with Crippen molar-refractivity contribution in [3.8, 4) is 10.6 Å². The van der Waals surface area contributed by atoms with E-state index in [9.17, 15) is 4.79 Å². The van der Waals surface area contributed by atoms with Gasteiger partial charge in [-0.25, -0.2) is 4.98 Å². The number of carbonyl (C=O) groups is 1. The van der Waals surface area contributed by atoms with Gasteiger partial charge in [-0.1, -0.05) is 45.9 Å². The van der Waals surface area contributed by atoms with Gasteiger partial charge in [0.1, 0.15) is 9.88 Å². The zero-order chi connectivity index (χ0) is 18.4. The van der Waals surface area contributed by atoms with Gasteiger partial charge in [-0.2, -0.15) is 0 Å². The van der Waals surface area contributed by atoms with E-state index >= 15 is 0 Å². The van der Waals surface area contributed by atoms with Gasteiger partial charge in [0, 0.05) is 25.7 Å². The van der Waals surface area contributed by atoms with Crippen LogP contribution in [0.25, 0.3) is 10.6 Å². The molecule has 1 aromatic carbocycles. The fraction of sp³-hybridized carbons (Fsp3) is 0.500. The van der Waals surface area contributed by atoms with Gasteiger partial charge >= 0.3 is 0 Å². The number of hydrogen-bond acceptors (Lipinski definition) is 4. The molecule has 0 radical (unpaired) electrons. The maximum absolute atomic E-state index is 12.6. The molecule has 0 bridgehead atoms. The molecule has 1 aromatic heterocycles. The van der Waals surface area contributed by atoms with Crippen LogP contribution in [0.15, 0.2) is 30.5 Å². The van der Waals surface area contributed by atoms with Crippen molar-refractivity contribution in [2.45, 2.75) is 33.6 Å². The summed E-state index contributed by atoms with van der Waals surface area (Å²) in [6, 6.07) is 8.42. The Morgan fingerprint density at radius 3 is 2.56 bits per heavy atom. The molecule has 0 aliphatic carbocycles. The monoisotopic (exact) mass is 359 g/mol. The summed E-state index contributed by atoms with van der Waals surface area (Å²) in [5.74, 6) is 0.531. The summed E-state index contributed by atoms with van der Waals surface area (Å²) in [5.41, 5.74) is 2.37. The van der Waals surface area contributed by atoms with Crippen LogP contribution >= 0.6 is 11.3 Å². The second kappa shape index (κ2) is 9.11. The quantitative estimate of drug-likeness (QED) is 0.703. The van der Waals surface area contributed by atoms with Crippen LogP contribution < -0.4 is 0 Å². The Labute approximate surface area is 155 Å². The first-order valence-electron chi connectivity index (χ1n) is 9.00. The van der Waals surface area contributed by atoms with Crippen molar-refractivity contribution in [2.75, 3.05) is 33.2 Å². The van der Waals surface area contributed by atoms with Gasteiger partial charge in [0.25, 0.3) is 5.91 Å². The Morgan fingerprint density at radius 2 is 1.92 bits per heavy atom. The SMILES string of the molecule is CCN(CC)CCN(C)C(=O)c1cnc(-c2cccc(C(C)C)c2)s1. The molecule has 0 N–H and O–H groups in total. The first-order chi connectivity index (χ1) is 12.0. The number of nitrogens with zero attached hydrogens (tertiary/aromatic N) is 3. The summed E-state index contributed by atoms with van der Waals surface area (Å²) >= 11 is 1.47. The van der Waals surface area contributed by atoms with Gasteiger partial charge in [-0.15, -0.1) is 11.3 Å². The van der Waals surface area contributed by atoms with E-state index < -0.39 is 0 Å². The molecule has 25 heavy (non-hydrogen) atoms. The zero-order valence-electron chi connectivity index (χ0n) is 16.0. The number of rotatable bonds is 8. The molecule has 0 aliphatic rings. The van der Waals surface area contributed by atoms with Gasteiger partial charge in [-0.05, 0) is 30.6 Å². The smallest absolute Gasteiger partial charge is 0.265 e. The van der Waals surface area contributed by atoms with Crippen LogP contribution in [0.2, 0.25) is 0 Å². The first-order valence-corrected chi connectivity index (χ1v) is 9.81. The summed E-state index contributed by atoms with van der Waals surface area (Å²) in [5, 5.41) is 0.906. The van der Waals surface area contributed by atoms with Crippen LogP contribution in [0.3, 0.4) is 0 Å². The average molecular weight is 360 g/mol. The van der Waals surface area contributed by atoms with Crippen LogP contribution in [0.5, 0.6) is 0 Å². The van der Waals surface area contributed by atoms with Crippen LogP contribution in [0, 0.1) is 0 Å². The van der Waals surface area contributed by atoms with E-state index in [2.05, 4.69) is 61.8 Å². The number of aromatic nitrogens is 1. The Kier molecular flexibility index (Phi) is 7.14. The molecule has 5 heteroatoms. The number of hydrogen-bond donors (Lipinski definition) is 0. The Hall–Kier alpha value is -1.72. The molecular weight excluding hydrogens is 330 g/mol. The lowest BCUT2D eigenvalue weighted by Gasteiger charge is -2.22. The molecule has 0 saturated heterocycles. The van der Waals surface area contributed by atoms with Gasteiger partial charge in [-0.3, -0.25) is 4.79 Å². The molecule has 0 fully saturated rings. The van der Waals surface area contributed by atoms with Crippen molar-refractivity contribution in [2.24, 2.45) is 0 Å². The molecule has 4 nitrogen and oxygen atoms in total. The second-order valence-electron chi connectivity index (χ2n) is 6.56. The highest BCUT2D eigenvalue weighted by Gasteiger charge is 2.16. The van der Waals surface area contributed by atoms with E-state index in [0.29, 0.717) is 10.8 Å². The lowest BCUT2D eigenvalue weighted by Crippen LogP contribution is -2.36. The number of benzene rings is 1. The van der Waals surface area contributed by atoms with Crippen molar-refractivity contribution in [3.05, 3.63) is 40.9 Å². The van der Waals surface area contributed by atoms with Crippen LogP contribution in [0.4, 0.5) is 0 Å². The molecular formula is C20H29N3OS. The minimum absolute atomic E-state index is 0.0518. The second-order valence-corrected chi connectivity index (χ2v) is 7.59. The maximum atomic E-state index is 12.6. The molecule has 0 saturated carbocycles. The lowest BCUT2D eigenvalue weighted by atomic mass is 10.0. The van der Waals surface area contributed by atoms with E-state index in [1.54, 1.807) is 11.1 Å². The first kappa shape index (κ1) is 19.6. The van der Waals surface area contributed by atoms with Crippen molar-refractivity contribution >= 4 is 17.2 Å². The highest BCUT2D eigenvalue weighted by atomic mass is 32.1. The third kappa shape index (κ3) is 5.13. The van der Waals surface area contributed by atoms with Crippen LogP contribution in [-0.2, 0) is 0 Å². The highest BCUT2D eigenvalue weighted by molar-refractivity contribution is 7.16. The zero-order valence-corrected chi connectivity index (χ0v) is 16.8. The summed E-state index contributed by atoms with van der Waals surface area (Å²) in [4.78, 5) is 21.9. The predicted molar refractivity (Wildman–Crippen MR) is 106 cm³/mol. The van der Waals surface area contributed by atoms with Crippen molar-refractivity contribution in [3.63, 3.8) is 0 Å². The summed E-state index contributed by atoms with van der Waals surface area (Å²) in [7, 11) is 1.87. The standard InChI is InChI=1S/C20H29N3OS/c1-6-23(7-2)12-11-22(5)20(24)18-14-21-19(25-18)17-10-8-9-16(13-17)15(3)4/h8-10,13-15H,6-7,11-12H2,1-5H3. The van der Waals surface area contributed by atoms with Crippen LogP contribution in [0.1, 0.15) is 48.8 Å². The number of thiazole rings is 1. The van der Waals surface area contributed by atoms with Gasteiger partial charge in [0.15, 0.2) is 0 Å². The van der Waals surface area contributed by atoms with Crippen molar-refractivity contribution in [1.29, 1.82) is 0 Å². The molecule has 0 aliphatic heterocycles. The van der Waals surface area contributed by atoms with E-state index in [1.165, 1.54) is 16.9 Å². The largest absolute Gasteiger partial charge is 0.340 e. The molecule has 136 valence electrons. The Morgan fingerprint density at radius 1 is 1.20 bits per heavy atom. The van der Waals surface area contributed by atoms with Gasteiger partial charge < -0.3 is 9.80 Å². The minimum atomic E-state index is 0.0518. The predicted octanol–water partition coefficient (Wildman–Crippen LogP) is 4.35. The van der Waals surface area contributed by atoms with E-state index in [0.717, 1.165) is 36.8 Å². The van der Waals surface area contributed by atoms with E-state index in [1.807, 2.05) is 7.05 Å². The minimum Gasteiger partial charge on any atom is -0.340 e. The van der Waals surface area contributed by atoms with Crippen molar-refractivity contribution < 1.29 is 4.79 Å². The lowest BCUT2D eigenvalue weighted by molar-refractivity contribution is 0.0784. The third-order valence-electron chi connectivity index (χ3n) is 4.51. The van der Waals surface area contributed by atoms with Gasteiger partial charge in [0.05, 0.1) is 6.20 Å². The van der Waals surface area contributed by atoms with Crippen molar-refractivity contribution in [1.82, 2.24) is 14.8 Å². The molecule has 2 rings (SSSR count). The van der Waals surface area contributed by atoms with Crippen LogP contribution in [-0.4, -0.2) is 53.9 Å². The third-order valence-corrected chi connectivity index (χ3v) is 5.54. The number of likely N-dealkylation sites (N-methyl/N-ethyl adjacent to an activating group) is 2. The molecule has 1 heterocycles.